The molecule has 0 amide bonds. The summed E-state index contributed by atoms with van der Waals surface area (Å²) in [5, 5.41) is 0.620. The Hall–Kier alpha value is -1.95. The number of rotatable bonds is 1. The van der Waals surface area contributed by atoms with Gasteiger partial charge in [-0.3, -0.25) is 0 Å². The third-order valence-corrected chi connectivity index (χ3v) is 4.23. The Labute approximate surface area is 112 Å². The number of H-pyrrole nitrogens is 1. The molecule has 0 aliphatic rings. The number of halogens is 2. The number of imidazole rings is 1. The average Bonchev–Trinajstić information content (AvgIpc) is 2.87. The minimum Gasteiger partial charge on any atom is -0.390 e. The van der Waals surface area contributed by atoms with Crippen molar-refractivity contribution in [1.29, 1.82) is 0 Å². The molecule has 0 aliphatic heterocycles. The number of hydrogen-bond donors (Lipinski definition) is 2. The molecule has 0 fully saturated rings. The third-order valence-electron chi connectivity index (χ3n) is 3.20. The van der Waals surface area contributed by atoms with Crippen LogP contribution < -0.4 is 5.73 Å². The molecule has 98 valence electrons. The van der Waals surface area contributed by atoms with Crippen molar-refractivity contribution in [3.63, 3.8) is 0 Å². The Balaban J connectivity index is 2.29. The second-order valence-electron chi connectivity index (χ2n) is 4.37. The summed E-state index contributed by atoms with van der Waals surface area (Å²) in [5.74, 6) is -1.38. The molecule has 2 heterocycles. The fourth-order valence-corrected chi connectivity index (χ4v) is 3.02. The van der Waals surface area contributed by atoms with Crippen LogP contribution in [0.1, 0.15) is 10.4 Å². The minimum absolute atomic E-state index is 0.00217. The largest absolute Gasteiger partial charge is 0.390 e. The smallest absolute Gasteiger partial charge is 0.186 e. The van der Waals surface area contributed by atoms with E-state index in [2.05, 4.69) is 9.97 Å². The number of hydrogen-bond acceptors (Lipinski definition) is 3. The van der Waals surface area contributed by atoms with E-state index in [9.17, 15) is 8.78 Å². The maximum atomic E-state index is 13.6. The first-order valence-electron chi connectivity index (χ1n) is 5.68. The van der Waals surface area contributed by atoms with E-state index in [1.165, 1.54) is 17.4 Å². The van der Waals surface area contributed by atoms with E-state index in [1.807, 2.05) is 13.8 Å². The van der Waals surface area contributed by atoms with Gasteiger partial charge in [-0.05, 0) is 31.5 Å². The molecule has 3 aromatic rings. The Morgan fingerprint density at radius 3 is 2.63 bits per heavy atom. The number of aryl methyl sites for hydroxylation is 1. The predicted octanol–water partition coefficient (Wildman–Crippen LogP) is 3.77. The number of thiophene rings is 1. The van der Waals surface area contributed by atoms with Crippen LogP contribution in [0.5, 0.6) is 0 Å². The van der Waals surface area contributed by atoms with Gasteiger partial charge in [0, 0.05) is 4.88 Å². The second kappa shape index (κ2) is 4.03. The lowest BCUT2D eigenvalue weighted by Gasteiger charge is -1.97. The van der Waals surface area contributed by atoms with E-state index in [0.717, 1.165) is 22.1 Å². The van der Waals surface area contributed by atoms with Crippen LogP contribution >= 0.6 is 11.3 Å². The number of benzene rings is 1. The highest BCUT2D eigenvalue weighted by Crippen LogP contribution is 2.37. The first-order valence-corrected chi connectivity index (χ1v) is 6.50. The van der Waals surface area contributed by atoms with Crippen molar-refractivity contribution in [1.82, 2.24) is 9.97 Å². The van der Waals surface area contributed by atoms with Gasteiger partial charge in [-0.15, -0.1) is 11.3 Å². The van der Waals surface area contributed by atoms with Crippen molar-refractivity contribution in [2.75, 3.05) is 5.73 Å². The molecule has 0 unspecified atom stereocenters. The summed E-state index contributed by atoms with van der Waals surface area (Å²) in [5.41, 5.74) is 8.17. The second-order valence-corrected chi connectivity index (χ2v) is 5.62. The molecule has 0 spiro atoms. The van der Waals surface area contributed by atoms with Crippen molar-refractivity contribution in [2.45, 2.75) is 13.8 Å². The SMILES string of the molecule is Cc1sc(N)c(-c2nc3c(F)c(F)ccc3[nH]2)c1C. The van der Waals surface area contributed by atoms with Crippen molar-refractivity contribution < 1.29 is 8.78 Å². The quantitative estimate of drug-likeness (QED) is 0.712. The molecule has 3 N–H and O–H groups in total. The highest BCUT2D eigenvalue weighted by atomic mass is 32.1. The van der Waals surface area contributed by atoms with Crippen LogP contribution in [0, 0.1) is 25.5 Å². The number of aromatic amines is 1. The lowest BCUT2D eigenvalue weighted by molar-refractivity contribution is 0.515. The van der Waals surface area contributed by atoms with Gasteiger partial charge in [0.15, 0.2) is 11.6 Å². The Morgan fingerprint density at radius 2 is 2.00 bits per heavy atom. The highest BCUT2D eigenvalue weighted by Gasteiger charge is 2.18. The van der Waals surface area contributed by atoms with E-state index in [0.29, 0.717) is 16.3 Å². The molecule has 0 radical (unpaired) electrons. The molecule has 0 bridgehead atoms. The van der Waals surface area contributed by atoms with Gasteiger partial charge in [0.2, 0.25) is 0 Å². The Kier molecular flexibility index (Phi) is 2.56. The molecule has 0 saturated heterocycles. The van der Waals surface area contributed by atoms with Crippen LogP contribution in [0.3, 0.4) is 0 Å². The summed E-state index contributed by atoms with van der Waals surface area (Å²) >= 11 is 1.46. The molecule has 3 rings (SSSR count). The molecule has 0 atom stereocenters. The first-order chi connectivity index (χ1) is 8.99. The van der Waals surface area contributed by atoms with Gasteiger partial charge in [-0.2, -0.15) is 0 Å². The van der Waals surface area contributed by atoms with Crippen LogP contribution in [0.25, 0.3) is 22.4 Å². The standard InChI is InChI=1S/C13H11F2N3S/c1-5-6(2)19-12(16)9(5)13-17-8-4-3-7(14)10(15)11(8)18-13/h3-4H,16H2,1-2H3,(H,17,18). The maximum absolute atomic E-state index is 13.6. The van der Waals surface area contributed by atoms with E-state index in [1.54, 1.807) is 0 Å². The monoisotopic (exact) mass is 279 g/mol. The molecular weight excluding hydrogens is 268 g/mol. The van der Waals surface area contributed by atoms with Gasteiger partial charge in [0.25, 0.3) is 0 Å². The zero-order valence-electron chi connectivity index (χ0n) is 10.3. The number of nitrogens with zero attached hydrogens (tertiary/aromatic N) is 1. The molecule has 6 heteroatoms. The van der Waals surface area contributed by atoms with Crippen molar-refractivity contribution in [3.05, 3.63) is 34.2 Å². The molecule has 0 aliphatic carbocycles. The molecule has 3 nitrogen and oxygen atoms in total. The van der Waals surface area contributed by atoms with Crippen LogP contribution in [-0.4, -0.2) is 9.97 Å². The zero-order chi connectivity index (χ0) is 13.7. The summed E-state index contributed by atoms with van der Waals surface area (Å²) in [6.07, 6.45) is 0. The van der Waals surface area contributed by atoms with E-state index in [-0.39, 0.29) is 5.52 Å². The summed E-state index contributed by atoms with van der Waals surface area (Å²) in [7, 11) is 0. The average molecular weight is 279 g/mol. The predicted molar refractivity (Wildman–Crippen MR) is 73.2 cm³/mol. The van der Waals surface area contributed by atoms with Gasteiger partial charge >= 0.3 is 0 Å². The van der Waals surface area contributed by atoms with Crippen molar-refractivity contribution in [3.8, 4) is 11.4 Å². The fraction of sp³-hybridized carbons (Fsp3) is 0.154. The Bertz CT molecular complexity index is 789. The molecule has 2 aromatic heterocycles. The van der Waals surface area contributed by atoms with Crippen molar-refractivity contribution in [2.24, 2.45) is 0 Å². The fourth-order valence-electron chi connectivity index (χ4n) is 2.08. The number of nitrogen functional groups attached to an aromatic ring is 1. The molecule has 1 aromatic carbocycles. The minimum atomic E-state index is -0.942. The lowest BCUT2D eigenvalue weighted by atomic mass is 10.1. The number of nitrogens with one attached hydrogen (secondary N) is 1. The summed E-state index contributed by atoms with van der Waals surface area (Å²) in [4.78, 5) is 8.20. The van der Waals surface area contributed by atoms with E-state index < -0.39 is 11.6 Å². The lowest BCUT2D eigenvalue weighted by Crippen LogP contribution is -1.88. The highest BCUT2D eigenvalue weighted by molar-refractivity contribution is 7.16. The van der Waals surface area contributed by atoms with Crippen LogP contribution in [0.15, 0.2) is 12.1 Å². The molecule has 0 saturated carbocycles. The van der Waals surface area contributed by atoms with Gasteiger partial charge in [-0.1, -0.05) is 0 Å². The molecular formula is C13H11F2N3S. The molecule has 19 heavy (non-hydrogen) atoms. The van der Waals surface area contributed by atoms with Crippen molar-refractivity contribution >= 4 is 27.4 Å². The summed E-state index contributed by atoms with van der Waals surface area (Å²) in [6, 6.07) is 2.55. The van der Waals surface area contributed by atoms with Gasteiger partial charge in [-0.25, -0.2) is 13.8 Å². The number of aromatic nitrogens is 2. The van der Waals surface area contributed by atoms with Crippen LogP contribution in [0.2, 0.25) is 0 Å². The maximum Gasteiger partial charge on any atom is 0.186 e. The van der Waals surface area contributed by atoms with Gasteiger partial charge < -0.3 is 10.7 Å². The van der Waals surface area contributed by atoms with Gasteiger partial charge in [0.05, 0.1) is 16.1 Å². The topological polar surface area (TPSA) is 54.7 Å². The first kappa shape index (κ1) is 12.1. The number of fused-ring (bicyclic) bond motifs is 1. The summed E-state index contributed by atoms with van der Waals surface area (Å²) < 4.78 is 26.8. The van der Waals surface area contributed by atoms with Gasteiger partial charge in [0.1, 0.15) is 11.3 Å². The Morgan fingerprint density at radius 1 is 1.26 bits per heavy atom. The zero-order valence-corrected chi connectivity index (χ0v) is 11.2. The van der Waals surface area contributed by atoms with Crippen LogP contribution in [-0.2, 0) is 0 Å². The number of nitrogens with two attached hydrogens (primary N) is 1. The normalized spacial score (nSPS) is 11.4. The number of anilines is 1. The van der Waals surface area contributed by atoms with Crippen LogP contribution in [0.4, 0.5) is 13.8 Å². The third kappa shape index (κ3) is 1.71. The summed E-state index contributed by atoms with van der Waals surface area (Å²) in [6.45, 7) is 3.89. The van der Waals surface area contributed by atoms with E-state index >= 15 is 0 Å². The van der Waals surface area contributed by atoms with E-state index in [4.69, 9.17) is 5.73 Å².